The lowest BCUT2D eigenvalue weighted by molar-refractivity contribution is -0.0347. The van der Waals surface area contributed by atoms with Gasteiger partial charge in [0.15, 0.2) is 0 Å². The van der Waals surface area contributed by atoms with E-state index in [-0.39, 0.29) is 24.0 Å². The van der Waals surface area contributed by atoms with Gasteiger partial charge in [-0.15, -0.1) is 24.0 Å². The molecular formula is C14H24IN3O. The monoisotopic (exact) mass is 377 g/mol. The minimum absolute atomic E-state index is 0. The van der Waals surface area contributed by atoms with E-state index in [1.807, 2.05) is 12.4 Å². The zero-order chi connectivity index (χ0) is 12.4. The van der Waals surface area contributed by atoms with Crippen LogP contribution in [0, 0.1) is 5.92 Å². The third-order valence-electron chi connectivity index (χ3n) is 4.29. The molecule has 1 aliphatic heterocycles. The van der Waals surface area contributed by atoms with Crippen LogP contribution in [0.25, 0.3) is 0 Å². The highest BCUT2D eigenvalue weighted by molar-refractivity contribution is 14.0. The van der Waals surface area contributed by atoms with E-state index in [9.17, 15) is 0 Å². The molecule has 19 heavy (non-hydrogen) atoms. The van der Waals surface area contributed by atoms with Crippen molar-refractivity contribution < 1.29 is 4.74 Å². The first kappa shape index (κ1) is 15.3. The fraction of sp³-hybridized carbons (Fsp3) is 0.786. The van der Waals surface area contributed by atoms with Crippen molar-refractivity contribution in [3.8, 4) is 0 Å². The fourth-order valence-corrected chi connectivity index (χ4v) is 3.34. The van der Waals surface area contributed by atoms with Crippen molar-refractivity contribution >= 4 is 24.0 Å². The Bertz CT molecular complexity index is 365. The predicted molar refractivity (Wildman–Crippen MR) is 85.7 cm³/mol. The first-order chi connectivity index (χ1) is 8.86. The van der Waals surface area contributed by atoms with E-state index in [4.69, 9.17) is 4.74 Å². The summed E-state index contributed by atoms with van der Waals surface area (Å²) in [5.41, 5.74) is 0. The summed E-state index contributed by atoms with van der Waals surface area (Å²) in [6.45, 7) is 5.38. The number of hydrogen-bond donors (Lipinski definition) is 1. The van der Waals surface area contributed by atoms with Crippen molar-refractivity contribution in [2.24, 2.45) is 5.92 Å². The zero-order valence-corrected chi connectivity index (χ0v) is 13.9. The van der Waals surface area contributed by atoms with E-state index in [1.165, 1.54) is 38.8 Å². The van der Waals surface area contributed by atoms with Gasteiger partial charge in [0, 0.05) is 25.5 Å². The Morgan fingerprint density at radius 2 is 2.32 bits per heavy atom. The van der Waals surface area contributed by atoms with Gasteiger partial charge in [-0.05, 0) is 45.1 Å². The van der Waals surface area contributed by atoms with Gasteiger partial charge in [0.2, 0.25) is 0 Å². The van der Waals surface area contributed by atoms with E-state index >= 15 is 0 Å². The maximum absolute atomic E-state index is 5.63. The average molecular weight is 377 g/mol. The highest BCUT2D eigenvalue weighted by Gasteiger charge is 2.35. The molecule has 2 heterocycles. The summed E-state index contributed by atoms with van der Waals surface area (Å²) in [5.74, 6) is 1.98. The minimum atomic E-state index is 0. The zero-order valence-electron chi connectivity index (χ0n) is 11.5. The molecule has 0 radical (unpaired) electrons. The Labute approximate surface area is 132 Å². The van der Waals surface area contributed by atoms with Crippen molar-refractivity contribution in [2.75, 3.05) is 19.7 Å². The Morgan fingerprint density at radius 3 is 3.00 bits per heavy atom. The summed E-state index contributed by atoms with van der Waals surface area (Å²) in [7, 11) is 0. The summed E-state index contributed by atoms with van der Waals surface area (Å²) < 4.78 is 5.63. The number of H-pyrrole nitrogens is 1. The highest BCUT2D eigenvalue weighted by atomic mass is 127. The number of aromatic amines is 1. The standard InChI is InChI=1S/C14H23N3O.HI/c1-2-18-12-8-11(9-12)10-17-7-3-4-13(17)14-15-5-6-16-14;/h5-6,11-13H,2-4,7-10H2,1H3,(H,15,16);1H. The van der Waals surface area contributed by atoms with E-state index in [2.05, 4.69) is 21.8 Å². The summed E-state index contributed by atoms with van der Waals surface area (Å²) in [4.78, 5) is 10.3. The molecule has 1 aromatic heterocycles. The molecule has 2 fully saturated rings. The number of hydrogen-bond acceptors (Lipinski definition) is 3. The summed E-state index contributed by atoms with van der Waals surface area (Å²) in [6, 6.07) is 0.520. The molecule has 5 heteroatoms. The third-order valence-corrected chi connectivity index (χ3v) is 4.29. The van der Waals surface area contributed by atoms with Crippen LogP contribution < -0.4 is 0 Å². The second-order valence-corrected chi connectivity index (χ2v) is 5.54. The highest BCUT2D eigenvalue weighted by Crippen LogP contribution is 2.36. The van der Waals surface area contributed by atoms with Crippen LogP contribution in [0.2, 0.25) is 0 Å². The Morgan fingerprint density at radius 1 is 1.47 bits per heavy atom. The molecule has 1 atom stereocenters. The van der Waals surface area contributed by atoms with E-state index in [0.717, 1.165) is 18.3 Å². The van der Waals surface area contributed by atoms with E-state index < -0.39 is 0 Å². The number of nitrogens with one attached hydrogen (secondary N) is 1. The van der Waals surface area contributed by atoms with Crippen LogP contribution >= 0.6 is 24.0 Å². The van der Waals surface area contributed by atoms with Crippen LogP contribution in [0.5, 0.6) is 0 Å². The normalized spacial score (nSPS) is 30.9. The van der Waals surface area contributed by atoms with Gasteiger partial charge in [0.05, 0.1) is 12.1 Å². The van der Waals surface area contributed by atoms with Gasteiger partial charge in [-0.2, -0.15) is 0 Å². The van der Waals surface area contributed by atoms with E-state index in [0.29, 0.717) is 12.1 Å². The lowest BCUT2D eigenvalue weighted by atomic mass is 9.82. The first-order valence-electron chi connectivity index (χ1n) is 7.21. The summed E-state index contributed by atoms with van der Waals surface area (Å²) >= 11 is 0. The van der Waals surface area contributed by atoms with Crippen molar-refractivity contribution in [1.82, 2.24) is 14.9 Å². The number of halogens is 1. The second kappa shape index (κ2) is 7.04. The molecule has 0 aromatic carbocycles. The molecule has 3 rings (SSSR count). The van der Waals surface area contributed by atoms with Crippen LogP contribution in [0.1, 0.15) is 44.5 Å². The number of nitrogens with zero attached hydrogens (tertiary/aromatic N) is 2. The van der Waals surface area contributed by atoms with Crippen molar-refractivity contribution in [3.05, 3.63) is 18.2 Å². The van der Waals surface area contributed by atoms with Crippen LogP contribution in [0.15, 0.2) is 12.4 Å². The topological polar surface area (TPSA) is 41.1 Å². The molecule has 1 saturated heterocycles. The van der Waals surface area contributed by atoms with Crippen LogP contribution in [-0.2, 0) is 4.74 Å². The van der Waals surface area contributed by atoms with Crippen LogP contribution in [0.3, 0.4) is 0 Å². The lowest BCUT2D eigenvalue weighted by Crippen LogP contribution is -2.39. The number of aromatic nitrogens is 2. The molecule has 0 bridgehead atoms. The van der Waals surface area contributed by atoms with Gasteiger partial charge < -0.3 is 9.72 Å². The van der Waals surface area contributed by atoms with Crippen LogP contribution in [0.4, 0.5) is 0 Å². The summed E-state index contributed by atoms with van der Waals surface area (Å²) in [6.07, 6.45) is 9.36. The average Bonchev–Trinajstić information content (AvgIpc) is 2.96. The first-order valence-corrected chi connectivity index (χ1v) is 7.21. The molecule has 1 N–H and O–H groups in total. The van der Waals surface area contributed by atoms with Gasteiger partial charge in [-0.1, -0.05) is 0 Å². The Kier molecular flexibility index (Phi) is 5.65. The van der Waals surface area contributed by atoms with Crippen molar-refractivity contribution in [1.29, 1.82) is 0 Å². The van der Waals surface area contributed by atoms with Gasteiger partial charge in [-0.3, -0.25) is 4.90 Å². The minimum Gasteiger partial charge on any atom is -0.378 e. The molecular weight excluding hydrogens is 353 g/mol. The fourth-order valence-electron chi connectivity index (χ4n) is 3.34. The molecule has 1 aliphatic carbocycles. The molecule has 4 nitrogen and oxygen atoms in total. The predicted octanol–water partition coefficient (Wildman–Crippen LogP) is 2.98. The number of imidazole rings is 1. The Balaban J connectivity index is 0.00000133. The van der Waals surface area contributed by atoms with Crippen LogP contribution in [-0.4, -0.2) is 40.7 Å². The maximum Gasteiger partial charge on any atom is 0.123 e. The molecule has 108 valence electrons. The molecule has 0 amide bonds. The SMILES string of the molecule is CCOC1CC(CN2CCCC2c2ncc[nH]2)C1.I. The van der Waals surface area contributed by atoms with Gasteiger partial charge in [0.1, 0.15) is 5.82 Å². The number of rotatable bonds is 5. The second-order valence-electron chi connectivity index (χ2n) is 5.54. The summed E-state index contributed by atoms with van der Waals surface area (Å²) in [5, 5.41) is 0. The lowest BCUT2D eigenvalue weighted by Gasteiger charge is -2.38. The Hall–Kier alpha value is -0.140. The molecule has 1 unspecified atom stereocenters. The molecule has 2 aliphatic rings. The largest absolute Gasteiger partial charge is 0.378 e. The van der Waals surface area contributed by atoms with Gasteiger partial charge in [-0.25, -0.2) is 4.98 Å². The van der Waals surface area contributed by atoms with E-state index in [1.54, 1.807) is 0 Å². The number of likely N-dealkylation sites (tertiary alicyclic amines) is 1. The smallest absolute Gasteiger partial charge is 0.123 e. The molecule has 0 spiro atoms. The van der Waals surface area contributed by atoms with Gasteiger partial charge >= 0.3 is 0 Å². The maximum atomic E-state index is 5.63. The van der Waals surface area contributed by atoms with Gasteiger partial charge in [0.25, 0.3) is 0 Å². The van der Waals surface area contributed by atoms with Crippen molar-refractivity contribution in [2.45, 2.75) is 44.8 Å². The third kappa shape index (κ3) is 3.49. The molecule has 1 aromatic rings. The quantitative estimate of drug-likeness (QED) is 0.803. The van der Waals surface area contributed by atoms with Crippen molar-refractivity contribution in [3.63, 3.8) is 0 Å². The molecule has 1 saturated carbocycles. The number of ether oxygens (including phenoxy) is 1.